The van der Waals surface area contributed by atoms with Crippen LogP contribution in [0, 0.1) is 11.8 Å². The SMILES string of the molecule is CC[C@@H](/C=N/NC(=O)NCC1CCC(C(=O)NC)CC1)NC(=O)CN1C(=O)[C@@H](N)CN(C)c2ncccc21. The van der Waals surface area contributed by atoms with Gasteiger partial charge in [0, 0.05) is 45.5 Å². The predicted molar refractivity (Wildman–Crippen MR) is 145 cm³/mol. The molecule has 2 heterocycles. The van der Waals surface area contributed by atoms with Crippen LogP contribution < -0.4 is 36.9 Å². The number of aromatic nitrogens is 1. The highest BCUT2D eigenvalue weighted by Crippen LogP contribution is 2.29. The molecule has 0 unspecified atom stereocenters. The Kier molecular flexibility index (Phi) is 10.4. The molecule has 1 aromatic heterocycles. The van der Waals surface area contributed by atoms with Gasteiger partial charge in [0.25, 0.3) is 0 Å². The van der Waals surface area contributed by atoms with Gasteiger partial charge in [-0.05, 0) is 50.2 Å². The number of nitrogens with two attached hydrogens (primary N) is 1. The zero-order valence-electron chi connectivity index (χ0n) is 22.3. The third-order valence-electron chi connectivity index (χ3n) is 7.00. The standard InChI is InChI=1S/C25H39N9O4/c1-4-18(13-30-32-25(38)29-12-16-7-9-17(10-8-16)23(36)27-2)31-21(35)15-34-20-6-5-11-28-22(20)33(3)14-19(26)24(34)37/h5-6,11,13,16-19H,4,7-10,12,14-15,26H2,1-3H3,(H,27,36)(H,31,35)(H2,29,32,38)/b30-13+/t16?,17?,18-,19-/m0/s1. The zero-order chi connectivity index (χ0) is 27.7. The summed E-state index contributed by atoms with van der Waals surface area (Å²) in [4.78, 5) is 57.1. The van der Waals surface area contributed by atoms with Crippen LogP contribution in [0.2, 0.25) is 0 Å². The number of urea groups is 1. The molecule has 1 aliphatic carbocycles. The first-order chi connectivity index (χ1) is 18.2. The number of hydrogen-bond acceptors (Lipinski definition) is 8. The number of hydrazone groups is 1. The van der Waals surface area contributed by atoms with Gasteiger partial charge < -0.3 is 26.6 Å². The van der Waals surface area contributed by atoms with Crippen LogP contribution in [0.3, 0.4) is 0 Å². The van der Waals surface area contributed by atoms with E-state index in [1.54, 1.807) is 37.3 Å². The summed E-state index contributed by atoms with van der Waals surface area (Å²) < 4.78 is 0. The number of pyridine rings is 1. The third kappa shape index (κ3) is 7.63. The molecule has 0 aromatic carbocycles. The summed E-state index contributed by atoms with van der Waals surface area (Å²) in [5.74, 6) is 0.281. The molecule has 0 bridgehead atoms. The van der Waals surface area contributed by atoms with Crippen molar-refractivity contribution in [1.82, 2.24) is 26.4 Å². The van der Waals surface area contributed by atoms with E-state index >= 15 is 0 Å². The van der Waals surface area contributed by atoms with Crippen molar-refractivity contribution in [2.45, 2.75) is 51.1 Å². The van der Waals surface area contributed by atoms with Gasteiger partial charge in [0.05, 0.1) is 11.7 Å². The van der Waals surface area contributed by atoms with E-state index in [4.69, 9.17) is 5.73 Å². The van der Waals surface area contributed by atoms with Crippen molar-refractivity contribution >= 4 is 41.5 Å². The molecule has 2 aliphatic rings. The number of hydrogen-bond donors (Lipinski definition) is 5. The van der Waals surface area contributed by atoms with Crippen molar-refractivity contribution in [2.75, 3.05) is 43.5 Å². The molecule has 208 valence electrons. The Labute approximate surface area is 223 Å². The minimum Gasteiger partial charge on any atom is -0.359 e. The quantitative estimate of drug-likeness (QED) is 0.220. The molecule has 0 saturated heterocycles. The van der Waals surface area contributed by atoms with Crippen molar-refractivity contribution in [3.63, 3.8) is 0 Å². The van der Waals surface area contributed by atoms with Gasteiger partial charge in [0.1, 0.15) is 12.6 Å². The van der Waals surface area contributed by atoms with Crippen LogP contribution in [-0.2, 0) is 14.4 Å². The lowest BCUT2D eigenvalue weighted by Gasteiger charge is -2.27. The maximum absolute atomic E-state index is 12.9. The molecular weight excluding hydrogens is 490 g/mol. The lowest BCUT2D eigenvalue weighted by Crippen LogP contribution is -2.50. The van der Waals surface area contributed by atoms with E-state index in [2.05, 4.69) is 31.5 Å². The Hall–Kier alpha value is -3.74. The molecule has 3 rings (SSSR count). The molecule has 6 N–H and O–H groups in total. The lowest BCUT2D eigenvalue weighted by molar-refractivity contribution is -0.125. The van der Waals surface area contributed by atoms with Crippen molar-refractivity contribution in [2.24, 2.45) is 22.7 Å². The van der Waals surface area contributed by atoms with Crippen LogP contribution >= 0.6 is 0 Å². The number of nitrogens with zero attached hydrogens (tertiary/aromatic N) is 4. The summed E-state index contributed by atoms with van der Waals surface area (Å²) in [6.45, 7) is 2.44. The zero-order valence-corrected chi connectivity index (χ0v) is 22.3. The monoisotopic (exact) mass is 529 g/mol. The Morgan fingerprint density at radius 3 is 2.68 bits per heavy atom. The Morgan fingerprint density at radius 1 is 1.26 bits per heavy atom. The van der Waals surface area contributed by atoms with E-state index in [-0.39, 0.29) is 36.7 Å². The fourth-order valence-electron chi connectivity index (χ4n) is 4.77. The Bertz CT molecular complexity index is 1030. The van der Waals surface area contributed by atoms with Gasteiger partial charge in [0.15, 0.2) is 5.82 Å². The van der Waals surface area contributed by atoms with E-state index in [0.29, 0.717) is 30.4 Å². The summed E-state index contributed by atoms with van der Waals surface area (Å²) in [5.41, 5.74) is 9.00. The van der Waals surface area contributed by atoms with Gasteiger partial charge in [-0.1, -0.05) is 6.92 Å². The molecule has 1 aromatic rings. The second-order valence-corrected chi connectivity index (χ2v) is 9.77. The maximum atomic E-state index is 12.9. The molecule has 2 atom stereocenters. The molecule has 5 amide bonds. The average molecular weight is 530 g/mol. The highest BCUT2D eigenvalue weighted by atomic mass is 16.2. The van der Waals surface area contributed by atoms with Gasteiger partial charge in [0.2, 0.25) is 17.7 Å². The number of anilines is 2. The van der Waals surface area contributed by atoms with Crippen molar-refractivity contribution in [3.05, 3.63) is 18.3 Å². The van der Waals surface area contributed by atoms with Crippen molar-refractivity contribution < 1.29 is 19.2 Å². The van der Waals surface area contributed by atoms with E-state index in [0.717, 1.165) is 25.7 Å². The van der Waals surface area contributed by atoms with Crippen LogP contribution in [-0.4, -0.2) is 80.8 Å². The predicted octanol–water partition coefficient (Wildman–Crippen LogP) is -0.0761. The van der Waals surface area contributed by atoms with E-state index in [1.165, 1.54) is 11.1 Å². The van der Waals surface area contributed by atoms with E-state index < -0.39 is 18.1 Å². The lowest BCUT2D eigenvalue weighted by atomic mass is 9.81. The Morgan fingerprint density at radius 2 is 2.00 bits per heavy atom. The number of amides is 5. The number of fused-ring (bicyclic) bond motifs is 1. The first kappa shape index (κ1) is 28.8. The minimum absolute atomic E-state index is 0.0535. The van der Waals surface area contributed by atoms with Crippen LogP contribution in [0.4, 0.5) is 16.3 Å². The van der Waals surface area contributed by atoms with Gasteiger partial charge in [-0.3, -0.25) is 19.3 Å². The van der Waals surface area contributed by atoms with E-state index in [1.807, 2.05) is 6.92 Å². The van der Waals surface area contributed by atoms with Gasteiger partial charge >= 0.3 is 6.03 Å². The minimum atomic E-state index is -0.792. The molecule has 13 nitrogen and oxygen atoms in total. The second-order valence-electron chi connectivity index (χ2n) is 9.77. The second kappa shape index (κ2) is 13.7. The summed E-state index contributed by atoms with van der Waals surface area (Å²) in [5, 5.41) is 12.3. The molecule has 1 fully saturated rings. The van der Waals surface area contributed by atoms with Gasteiger partial charge in [-0.2, -0.15) is 5.10 Å². The van der Waals surface area contributed by atoms with Gasteiger partial charge in [-0.25, -0.2) is 15.2 Å². The van der Waals surface area contributed by atoms with Crippen LogP contribution in [0.25, 0.3) is 0 Å². The summed E-state index contributed by atoms with van der Waals surface area (Å²) in [7, 11) is 3.45. The van der Waals surface area contributed by atoms with Crippen LogP contribution in [0.5, 0.6) is 0 Å². The maximum Gasteiger partial charge on any atom is 0.335 e. The molecule has 0 spiro atoms. The topological polar surface area (TPSA) is 174 Å². The molecule has 38 heavy (non-hydrogen) atoms. The van der Waals surface area contributed by atoms with Gasteiger partial charge in [-0.15, -0.1) is 0 Å². The number of nitrogens with one attached hydrogen (secondary N) is 4. The summed E-state index contributed by atoms with van der Waals surface area (Å²) in [6.07, 6.45) is 7.00. The third-order valence-corrected chi connectivity index (χ3v) is 7.00. The van der Waals surface area contributed by atoms with Crippen molar-refractivity contribution in [1.29, 1.82) is 0 Å². The molecule has 13 heteroatoms. The van der Waals surface area contributed by atoms with E-state index in [9.17, 15) is 19.2 Å². The summed E-state index contributed by atoms with van der Waals surface area (Å²) >= 11 is 0. The normalized spacial score (nSPS) is 22.3. The first-order valence-electron chi connectivity index (χ1n) is 13.0. The fourth-order valence-corrected chi connectivity index (χ4v) is 4.77. The molecule has 1 aliphatic heterocycles. The molecular formula is C25H39N9O4. The fraction of sp³-hybridized carbons (Fsp3) is 0.600. The molecule has 0 radical (unpaired) electrons. The van der Waals surface area contributed by atoms with Crippen LogP contribution in [0.15, 0.2) is 23.4 Å². The number of carbonyl (C=O) groups excluding carboxylic acids is 4. The number of rotatable bonds is 9. The number of likely N-dealkylation sites (N-methyl/N-ethyl adjacent to an activating group) is 1. The molecule has 1 saturated carbocycles. The summed E-state index contributed by atoms with van der Waals surface area (Å²) in [6, 6.07) is 1.76. The highest BCUT2D eigenvalue weighted by molar-refractivity contribution is 6.05. The average Bonchev–Trinajstić information content (AvgIpc) is 3.01. The smallest absolute Gasteiger partial charge is 0.335 e. The van der Waals surface area contributed by atoms with Crippen LogP contribution in [0.1, 0.15) is 39.0 Å². The number of carbonyl (C=O) groups is 4. The first-order valence-corrected chi connectivity index (χ1v) is 13.0. The largest absolute Gasteiger partial charge is 0.359 e. The Balaban J connectivity index is 1.46. The van der Waals surface area contributed by atoms with Crippen molar-refractivity contribution in [3.8, 4) is 0 Å². The highest BCUT2D eigenvalue weighted by Gasteiger charge is 2.32.